The molecule has 7 heteroatoms. The second kappa shape index (κ2) is 6.87. The Morgan fingerprint density at radius 2 is 1.87 bits per heavy atom. The van der Waals surface area contributed by atoms with Gasteiger partial charge >= 0.3 is 0 Å². The highest BCUT2D eigenvalue weighted by Gasteiger charge is 2.13. The first-order valence-electron chi connectivity index (χ1n) is 7.19. The van der Waals surface area contributed by atoms with Gasteiger partial charge in [-0.1, -0.05) is 6.07 Å². The van der Waals surface area contributed by atoms with Crippen molar-refractivity contribution >= 4 is 11.8 Å². The number of nitrogens with one attached hydrogen (secondary N) is 2. The fourth-order valence-electron chi connectivity index (χ4n) is 2.12. The molecule has 2 heterocycles. The van der Waals surface area contributed by atoms with E-state index in [0.717, 1.165) is 5.56 Å². The van der Waals surface area contributed by atoms with E-state index in [1.54, 1.807) is 6.07 Å². The lowest BCUT2D eigenvalue weighted by molar-refractivity contribution is -0.120. The highest BCUT2D eigenvalue weighted by molar-refractivity contribution is 5.94. The van der Waals surface area contributed by atoms with Crippen LogP contribution >= 0.6 is 0 Å². The molecule has 1 aromatic heterocycles. The predicted molar refractivity (Wildman–Crippen MR) is 80.3 cm³/mol. The van der Waals surface area contributed by atoms with Crippen LogP contribution in [0.1, 0.15) is 16.1 Å². The van der Waals surface area contributed by atoms with Crippen molar-refractivity contribution in [1.29, 1.82) is 0 Å². The van der Waals surface area contributed by atoms with E-state index in [4.69, 9.17) is 13.9 Å². The van der Waals surface area contributed by atoms with Crippen LogP contribution in [-0.2, 0) is 11.3 Å². The van der Waals surface area contributed by atoms with E-state index >= 15 is 0 Å². The van der Waals surface area contributed by atoms with Crippen molar-refractivity contribution in [2.45, 2.75) is 6.54 Å². The van der Waals surface area contributed by atoms with Crippen molar-refractivity contribution in [1.82, 2.24) is 10.6 Å². The van der Waals surface area contributed by atoms with Gasteiger partial charge in [-0.25, -0.2) is 0 Å². The van der Waals surface area contributed by atoms with Gasteiger partial charge in [-0.2, -0.15) is 0 Å². The van der Waals surface area contributed by atoms with Gasteiger partial charge in [0, 0.05) is 6.54 Å². The number of fused-ring (bicyclic) bond motifs is 1. The summed E-state index contributed by atoms with van der Waals surface area (Å²) in [5.41, 5.74) is 0.889. The van der Waals surface area contributed by atoms with Crippen LogP contribution in [0.4, 0.5) is 0 Å². The van der Waals surface area contributed by atoms with Crippen molar-refractivity contribution in [2.24, 2.45) is 0 Å². The van der Waals surface area contributed by atoms with Crippen LogP contribution in [-0.4, -0.2) is 31.6 Å². The number of hydrogen-bond acceptors (Lipinski definition) is 5. The quantitative estimate of drug-likeness (QED) is 0.862. The molecule has 2 N–H and O–H groups in total. The summed E-state index contributed by atoms with van der Waals surface area (Å²) in [6.45, 7) is 1.27. The summed E-state index contributed by atoms with van der Waals surface area (Å²) in [6.07, 6.45) is 1.40. The van der Waals surface area contributed by atoms with Gasteiger partial charge in [-0.3, -0.25) is 9.59 Å². The SMILES string of the molecule is O=C(CNC(=O)c1ccco1)NCc1ccc2c(c1)OCCO2. The molecule has 0 unspecified atom stereocenters. The molecule has 0 radical (unpaired) electrons. The first-order valence-corrected chi connectivity index (χ1v) is 7.19. The van der Waals surface area contributed by atoms with Crippen LogP contribution in [0.3, 0.4) is 0 Å². The Kier molecular flexibility index (Phi) is 4.46. The Hall–Kier alpha value is -2.96. The topological polar surface area (TPSA) is 89.8 Å². The molecule has 0 saturated carbocycles. The zero-order valence-corrected chi connectivity index (χ0v) is 12.3. The van der Waals surface area contributed by atoms with E-state index in [1.165, 1.54) is 12.3 Å². The number of carbonyl (C=O) groups excluding carboxylic acids is 2. The molecule has 1 aliphatic rings. The Morgan fingerprint density at radius 1 is 1.04 bits per heavy atom. The number of ether oxygens (including phenoxy) is 2. The lowest BCUT2D eigenvalue weighted by atomic mass is 10.2. The average molecular weight is 316 g/mol. The summed E-state index contributed by atoms with van der Waals surface area (Å²) in [6, 6.07) is 8.64. The van der Waals surface area contributed by atoms with Gasteiger partial charge in [-0.15, -0.1) is 0 Å². The molecule has 0 bridgehead atoms. The molecule has 0 fully saturated rings. The first kappa shape index (κ1) is 15.0. The zero-order valence-electron chi connectivity index (χ0n) is 12.3. The Balaban J connectivity index is 1.46. The van der Waals surface area contributed by atoms with Crippen LogP contribution in [0.5, 0.6) is 11.5 Å². The lowest BCUT2D eigenvalue weighted by Crippen LogP contribution is -2.36. The fraction of sp³-hybridized carbons (Fsp3) is 0.250. The molecule has 0 saturated heterocycles. The highest BCUT2D eigenvalue weighted by Crippen LogP contribution is 2.30. The highest BCUT2D eigenvalue weighted by atomic mass is 16.6. The third-order valence-corrected chi connectivity index (χ3v) is 3.25. The molecule has 7 nitrogen and oxygen atoms in total. The molecule has 0 atom stereocenters. The van der Waals surface area contributed by atoms with E-state index in [1.807, 2.05) is 18.2 Å². The second-order valence-corrected chi connectivity index (χ2v) is 4.91. The molecular formula is C16H16N2O5. The maximum atomic E-state index is 11.8. The van der Waals surface area contributed by atoms with Gasteiger partial charge in [0.2, 0.25) is 5.91 Å². The summed E-state index contributed by atoms with van der Waals surface area (Å²) >= 11 is 0. The van der Waals surface area contributed by atoms with Crippen LogP contribution in [0.25, 0.3) is 0 Å². The Bertz CT molecular complexity index is 697. The molecule has 2 aromatic rings. The fourth-order valence-corrected chi connectivity index (χ4v) is 2.12. The normalized spacial score (nSPS) is 12.5. The number of hydrogen-bond donors (Lipinski definition) is 2. The van der Waals surface area contributed by atoms with Crippen molar-refractivity contribution in [2.75, 3.05) is 19.8 Å². The monoisotopic (exact) mass is 316 g/mol. The Morgan fingerprint density at radius 3 is 2.65 bits per heavy atom. The average Bonchev–Trinajstić information content (AvgIpc) is 3.12. The summed E-state index contributed by atoms with van der Waals surface area (Å²) in [5.74, 6) is 0.833. The van der Waals surface area contributed by atoms with Crippen molar-refractivity contribution < 1.29 is 23.5 Å². The maximum Gasteiger partial charge on any atom is 0.287 e. The molecule has 0 spiro atoms. The summed E-state index contributed by atoms with van der Waals surface area (Å²) in [7, 11) is 0. The van der Waals surface area contributed by atoms with Gasteiger partial charge < -0.3 is 24.5 Å². The van der Waals surface area contributed by atoms with Crippen LogP contribution < -0.4 is 20.1 Å². The maximum absolute atomic E-state index is 11.8. The molecule has 3 rings (SSSR count). The van der Waals surface area contributed by atoms with Crippen molar-refractivity contribution in [3.8, 4) is 11.5 Å². The zero-order chi connectivity index (χ0) is 16.1. The number of benzene rings is 1. The molecule has 23 heavy (non-hydrogen) atoms. The van der Waals surface area contributed by atoms with E-state index in [2.05, 4.69) is 10.6 Å². The van der Waals surface area contributed by atoms with Gasteiger partial charge in [0.1, 0.15) is 13.2 Å². The van der Waals surface area contributed by atoms with E-state index < -0.39 is 5.91 Å². The van der Waals surface area contributed by atoms with Crippen LogP contribution in [0.15, 0.2) is 41.0 Å². The Labute approximate surface area is 132 Å². The minimum absolute atomic E-state index is 0.121. The minimum Gasteiger partial charge on any atom is -0.486 e. The van der Waals surface area contributed by atoms with Crippen molar-refractivity contribution in [3.63, 3.8) is 0 Å². The summed E-state index contributed by atoms with van der Waals surface area (Å²) < 4.78 is 15.9. The minimum atomic E-state index is -0.426. The smallest absolute Gasteiger partial charge is 0.287 e. The largest absolute Gasteiger partial charge is 0.486 e. The first-order chi connectivity index (χ1) is 11.2. The molecule has 1 aromatic carbocycles. The van der Waals surface area contributed by atoms with E-state index in [-0.39, 0.29) is 18.2 Å². The van der Waals surface area contributed by atoms with Crippen LogP contribution in [0, 0.1) is 0 Å². The van der Waals surface area contributed by atoms with Gasteiger partial charge in [0.15, 0.2) is 17.3 Å². The number of rotatable bonds is 5. The van der Waals surface area contributed by atoms with E-state index in [9.17, 15) is 9.59 Å². The predicted octanol–water partition coefficient (Wildman–Crippen LogP) is 1.10. The standard InChI is InChI=1S/C16H16N2O5/c19-15(10-18-16(20)13-2-1-5-21-13)17-9-11-3-4-12-14(8-11)23-7-6-22-12/h1-5,8H,6-7,9-10H2,(H,17,19)(H,18,20). The van der Waals surface area contributed by atoms with Gasteiger partial charge in [0.05, 0.1) is 12.8 Å². The van der Waals surface area contributed by atoms with Gasteiger partial charge in [0.25, 0.3) is 5.91 Å². The third-order valence-electron chi connectivity index (χ3n) is 3.25. The molecule has 120 valence electrons. The molecule has 1 aliphatic heterocycles. The summed E-state index contributed by atoms with van der Waals surface area (Å²) in [5, 5.41) is 5.21. The third kappa shape index (κ3) is 3.82. The van der Waals surface area contributed by atoms with Crippen molar-refractivity contribution in [3.05, 3.63) is 47.9 Å². The molecular weight excluding hydrogens is 300 g/mol. The number of amides is 2. The number of carbonyl (C=O) groups is 2. The molecule has 0 aliphatic carbocycles. The van der Waals surface area contributed by atoms with Crippen LogP contribution in [0.2, 0.25) is 0 Å². The summed E-state index contributed by atoms with van der Waals surface area (Å²) in [4.78, 5) is 23.4. The number of furan rings is 1. The lowest BCUT2D eigenvalue weighted by Gasteiger charge is -2.19. The second-order valence-electron chi connectivity index (χ2n) is 4.91. The van der Waals surface area contributed by atoms with E-state index in [0.29, 0.717) is 31.3 Å². The van der Waals surface area contributed by atoms with Gasteiger partial charge in [-0.05, 0) is 29.8 Å². The molecule has 2 amide bonds.